The standard InChI is InChI=1S/C15H18O/c1-8-6-9(2)14-11(4)10(3)12(5)15(16)13(14)7-8/h6-7,16H,1-5H3. The highest BCUT2D eigenvalue weighted by atomic mass is 16.3. The Balaban J connectivity index is 3.08. The van der Waals surface area contributed by atoms with Gasteiger partial charge in [0, 0.05) is 5.39 Å². The first-order chi connectivity index (χ1) is 7.43. The van der Waals surface area contributed by atoms with Crippen molar-refractivity contribution in [3.63, 3.8) is 0 Å². The molecule has 0 bridgehead atoms. The van der Waals surface area contributed by atoms with Crippen molar-refractivity contribution < 1.29 is 5.11 Å². The summed E-state index contributed by atoms with van der Waals surface area (Å²) in [4.78, 5) is 0. The SMILES string of the molecule is Cc1cc(C)c2c(C)c(C)c(C)c(O)c2c1. The van der Waals surface area contributed by atoms with Crippen LogP contribution in [0.15, 0.2) is 12.1 Å². The third kappa shape index (κ3) is 1.39. The minimum atomic E-state index is 0.435. The molecule has 2 rings (SSSR count). The lowest BCUT2D eigenvalue weighted by atomic mass is 9.91. The molecule has 16 heavy (non-hydrogen) atoms. The van der Waals surface area contributed by atoms with E-state index < -0.39 is 0 Å². The van der Waals surface area contributed by atoms with Crippen molar-refractivity contribution in [3.8, 4) is 5.75 Å². The van der Waals surface area contributed by atoms with E-state index in [1.54, 1.807) is 0 Å². The molecule has 0 atom stereocenters. The van der Waals surface area contributed by atoms with E-state index >= 15 is 0 Å². The number of aryl methyl sites for hydroxylation is 3. The molecule has 2 aromatic rings. The summed E-state index contributed by atoms with van der Waals surface area (Å²) in [5.74, 6) is 0.435. The normalized spacial score (nSPS) is 11.1. The Hall–Kier alpha value is -1.50. The zero-order valence-electron chi connectivity index (χ0n) is 10.6. The van der Waals surface area contributed by atoms with Gasteiger partial charge in [-0.05, 0) is 68.3 Å². The first kappa shape index (κ1) is 11.0. The van der Waals surface area contributed by atoms with E-state index in [-0.39, 0.29) is 0 Å². The topological polar surface area (TPSA) is 20.2 Å². The predicted octanol–water partition coefficient (Wildman–Crippen LogP) is 4.09. The van der Waals surface area contributed by atoms with Crippen molar-refractivity contribution in [2.75, 3.05) is 0 Å². The zero-order valence-corrected chi connectivity index (χ0v) is 10.6. The van der Waals surface area contributed by atoms with E-state index in [4.69, 9.17) is 0 Å². The molecule has 0 amide bonds. The molecule has 0 aromatic heterocycles. The van der Waals surface area contributed by atoms with Gasteiger partial charge in [-0.1, -0.05) is 11.6 Å². The minimum absolute atomic E-state index is 0.435. The van der Waals surface area contributed by atoms with Gasteiger partial charge in [0.05, 0.1) is 0 Å². The Kier molecular flexibility index (Phi) is 2.42. The van der Waals surface area contributed by atoms with Crippen LogP contribution in [0.5, 0.6) is 5.75 Å². The summed E-state index contributed by atoms with van der Waals surface area (Å²) in [6.07, 6.45) is 0. The fourth-order valence-corrected chi connectivity index (χ4v) is 2.50. The Labute approximate surface area is 96.7 Å². The number of rotatable bonds is 0. The van der Waals surface area contributed by atoms with E-state index in [0.717, 1.165) is 10.9 Å². The number of hydrogen-bond acceptors (Lipinski definition) is 1. The molecule has 2 aromatic carbocycles. The molecule has 84 valence electrons. The first-order valence-electron chi connectivity index (χ1n) is 5.63. The molecule has 1 nitrogen and oxygen atoms in total. The van der Waals surface area contributed by atoms with Crippen LogP contribution in [-0.4, -0.2) is 5.11 Å². The maximum Gasteiger partial charge on any atom is 0.126 e. The van der Waals surface area contributed by atoms with Crippen molar-refractivity contribution in [2.45, 2.75) is 34.6 Å². The number of aromatic hydroxyl groups is 1. The highest BCUT2D eigenvalue weighted by Gasteiger charge is 2.12. The third-order valence-electron chi connectivity index (χ3n) is 3.59. The molecule has 0 radical (unpaired) electrons. The van der Waals surface area contributed by atoms with Gasteiger partial charge in [-0.2, -0.15) is 0 Å². The van der Waals surface area contributed by atoms with Gasteiger partial charge >= 0.3 is 0 Å². The fourth-order valence-electron chi connectivity index (χ4n) is 2.50. The van der Waals surface area contributed by atoms with E-state index in [1.165, 1.54) is 27.6 Å². The molecule has 0 aliphatic carbocycles. The smallest absolute Gasteiger partial charge is 0.126 e. The predicted molar refractivity (Wildman–Crippen MR) is 69.3 cm³/mol. The van der Waals surface area contributed by atoms with Crippen molar-refractivity contribution >= 4 is 10.8 Å². The van der Waals surface area contributed by atoms with Crippen LogP contribution in [0, 0.1) is 34.6 Å². The van der Waals surface area contributed by atoms with Gasteiger partial charge < -0.3 is 5.11 Å². The minimum Gasteiger partial charge on any atom is -0.507 e. The molecule has 0 saturated heterocycles. The van der Waals surface area contributed by atoms with Gasteiger partial charge in [0.25, 0.3) is 0 Å². The average Bonchev–Trinajstić information content (AvgIpc) is 2.22. The Bertz CT molecular complexity index is 580. The monoisotopic (exact) mass is 214 g/mol. The molecule has 0 unspecified atom stereocenters. The summed E-state index contributed by atoms with van der Waals surface area (Å²) in [5.41, 5.74) is 5.91. The zero-order chi connectivity index (χ0) is 12.0. The Morgan fingerprint density at radius 3 is 2.06 bits per heavy atom. The van der Waals surface area contributed by atoms with Crippen LogP contribution < -0.4 is 0 Å². The highest BCUT2D eigenvalue weighted by molar-refractivity contribution is 5.95. The maximum atomic E-state index is 10.2. The summed E-state index contributed by atoms with van der Waals surface area (Å²) < 4.78 is 0. The fraction of sp³-hybridized carbons (Fsp3) is 0.333. The van der Waals surface area contributed by atoms with Crippen LogP contribution >= 0.6 is 0 Å². The summed E-state index contributed by atoms with van der Waals surface area (Å²) in [6.45, 7) is 10.4. The second-order valence-electron chi connectivity index (χ2n) is 4.73. The maximum absolute atomic E-state index is 10.2. The number of benzene rings is 2. The number of phenolic OH excluding ortho intramolecular Hbond substituents is 1. The van der Waals surface area contributed by atoms with Crippen molar-refractivity contribution in [1.82, 2.24) is 0 Å². The Morgan fingerprint density at radius 1 is 0.812 bits per heavy atom. The molecule has 1 N–H and O–H groups in total. The van der Waals surface area contributed by atoms with Crippen molar-refractivity contribution in [3.05, 3.63) is 39.9 Å². The lowest BCUT2D eigenvalue weighted by Crippen LogP contribution is -1.93. The van der Waals surface area contributed by atoms with Crippen LogP contribution in [-0.2, 0) is 0 Å². The van der Waals surface area contributed by atoms with E-state index in [1.807, 2.05) is 6.92 Å². The van der Waals surface area contributed by atoms with Crippen LogP contribution in [0.1, 0.15) is 27.8 Å². The Morgan fingerprint density at radius 2 is 1.44 bits per heavy atom. The number of phenols is 1. The van der Waals surface area contributed by atoms with Gasteiger partial charge in [-0.3, -0.25) is 0 Å². The van der Waals surface area contributed by atoms with Crippen molar-refractivity contribution in [1.29, 1.82) is 0 Å². The van der Waals surface area contributed by atoms with Gasteiger partial charge in [-0.25, -0.2) is 0 Å². The summed E-state index contributed by atoms with van der Waals surface area (Å²) in [6, 6.07) is 4.24. The average molecular weight is 214 g/mol. The van der Waals surface area contributed by atoms with Gasteiger partial charge in [-0.15, -0.1) is 0 Å². The molecule has 0 spiro atoms. The summed E-state index contributed by atoms with van der Waals surface area (Å²) in [7, 11) is 0. The van der Waals surface area contributed by atoms with Crippen LogP contribution in [0.4, 0.5) is 0 Å². The quantitative estimate of drug-likeness (QED) is 0.700. The molecule has 1 heteroatoms. The third-order valence-corrected chi connectivity index (χ3v) is 3.59. The lowest BCUT2D eigenvalue weighted by Gasteiger charge is -2.15. The van der Waals surface area contributed by atoms with Gasteiger partial charge in [0.1, 0.15) is 5.75 Å². The van der Waals surface area contributed by atoms with E-state index in [0.29, 0.717) is 5.75 Å². The number of hydrogen-bond donors (Lipinski definition) is 1. The van der Waals surface area contributed by atoms with Crippen LogP contribution in [0.3, 0.4) is 0 Å². The van der Waals surface area contributed by atoms with E-state index in [9.17, 15) is 5.11 Å². The lowest BCUT2D eigenvalue weighted by molar-refractivity contribution is 0.477. The summed E-state index contributed by atoms with van der Waals surface area (Å²) >= 11 is 0. The van der Waals surface area contributed by atoms with Crippen molar-refractivity contribution in [2.24, 2.45) is 0 Å². The molecule has 0 aliphatic rings. The molecular formula is C15H18O. The molecule has 0 heterocycles. The highest BCUT2D eigenvalue weighted by Crippen LogP contribution is 2.36. The van der Waals surface area contributed by atoms with Gasteiger partial charge in [0.15, 0.2) is 0 Å². The number of fused-ring (bicyclic) bond motifs is 1. The second-order valence-corrected chi connectivity index (χ2v) is 4.73. The molecular weight excluding hydrogens is 196 g/mol. The first-order valence-corrected chi connectivity index (χ1v) is 5.63. The van der Waals surface area contributed by atoms with E-state index in [2.05, 4.69) is 39.8 Å². The van der Waals surface area contributed by atoms with Crippen LogP contribution in [0.2, 0.25) is 0 Å². The van der Waals surface area contributed by atoms with Gasteiger partial charge in [0.2, 0.25) is 0 Å². The molecule has 0 saturated carbocycles. The largest absolute Gasteiger partial charge is 0.507 e. The second kappa shape index (κ2) is 3.51. The van der Waals surface area contributed by atoms with Crippen LogP contribution in [0.25, 0.3) is 10.8 Å². The summed E-state index contributed by atoms with van der Waals surface area (Å²) in [5, 5.41) is 12.4. The molecule has 0 fully saturated rings. The molecule has 0 aliphatic heterocycles.